The molecule has 98 valence electrons. The average Bonchev–Trinajstić information content (AvgIpc) is 2.84. The van der Waals surface area contributed by atoms with Crippen LogP contribution < -0.4 is 5.32 Å². The van der Waals surface area contributed by atoms with Crippen LogP contribution in [0.3, 0.4) is 0 Å². The van der Waals surface area contributed by atoms with Gasteiger partial charge in [-0.3, -0.25) is 4.79 Å². The van der Waals surface area contributed by atoms with Crippen molar-refractivity contribution in [1.29, 1.82) is 0 Å². The number of nitrogens with one attached hydrogen (secondary N) is 1. The second kappa shape index (κ2) is 6.03. The third-order valence-corrected chi connectivity index (χ3v) is 3.95. The highest BCUT2D eigenvalue weighted by atomic mass is 16.1. The molecule has 1 aliphatic rings. The molecule has 2 heteroatoms. The molecule has 0 aliphatic heterocycles. The van der Waals surface area contributed by atoms with Crippen LogP contribution in [0.2, 0.25) is 0 Å². The van der Waals surface area contributed by atoms with Gasteiger partial charge < -0.3 is 5.32 Å². The van der Waals surface area contributed by atoms with Gasteiger partial charge in [0, 0.05) is 12.1 Å². The summed E-state index contributed by atoms with van der Waals surface area (Å²) in [5.74, 6) is 0.796. The Bertz CT molecular complexity index is 419. The molecule has 2 nitrogen and oxygen atoms in total. The van der Waals surface area contributed by atoms with Crippen molar-refractivity contribution in [3.63, 3.8) is 0 Å². The third kappa shape index (κ3) is 3.12. The van der Waals surface area contributed by atoms with E-state index >= 15 is 0 Å². The normalized spacial score (nSPS) is 15.9. The number of hydrogen-bond acceptors (Lipinski definition) is 1. The lowest BCUT2D eigenvalue weighted by Crippen LogP contribution is -2.16. The Morgan fingerprint density at radius 1 is 1.33 bits per heavy atom. The molecule has 18 heavy (non-hydrogen) atoms. The highest BCUT2D eigenvalue weighted by molar-refractivity contribution is 5.92. The van der Waals surface area contributed by atoms with Gasteiger partial charge in [-0.25, -0.2) is 0 Å². The Labute approximate surface area is 110 Å². The van der Waals surface area contributed by atoms with Crippen molar-refractivity contribution in [2.24, 2.45) is 5.92 Å². The van der Waals surface area contributed by atoms with E-state index in [4.69, 9.17) is 0 Å². The summed E-state index contributed by atoms with van der Waals surface area (Å²) in [5.41, 5.74) is 3.42. The van der Waals surface area contributed by atoms with Crippen LogP contribution in [-0.4, -0.2) is 5.91 Å². The number of amides is 1. The first kappa shape index (κ1) is 13.1. The number of carbonyl (C=O) groups is 1. The summed E-state index contributed by atoms with van der Waals surface area (Å²) in [5, 5.41) is 3.12. The van der Waals surface area contributed by atoms with Crippen molar-refractivity contribution in [2.45, 2.75) is 52.4 Å². The molecule has 1 amide bonds. The Kier molecular flexibility index (Phi) is 4.40. The van der Waals surface area contributed by atoms with Crippen LogP contribution >= 0.6 is 0 Å². The second-order valence-corrected chi connectivity index (χ2v) is 5.37. The summed E-state index contributed by atoms with van der Waals surface area (Å²) in [4.78, 5) is 12.1. The molecular weight excluding hydrogens is 222 g/mol. The monoisotopic (exact) mass is 245 g/mol. The van der Waals surface area contributed by atoms with Crippen molar-refractivity contribution < 1.29 is 4.79 Å². The number of anilines is 1. The van der Waals surface area contributed by atoms with Crippen molar-refractivity contribution in [1.82, 2.24) is 0 Å². The van der Waals surface area contributed by atoms with Crippen molar-refractivity contribution in [3.05, 3.63) is 29.3 Å². The molecule has 1 N–H and O–H groups in total. The minimum Gasteiger partial charge on any atom is -0.326 e. The number of benzene rings is 1. The first-order valence-electron chi connectivity index (χ1n) is 7.09. The first-order valence-corrected chi connectivity index (χ1v) is 7.09. The van der Waals surface area contributed by atoms with Crippen molar-refractivity contribution in [2.75, 3.05) is 5.32 Å². The highest BCUT2D eigenvalue weighted by Crippen LogP contribution is 2.28. The van der Waals surface area contributed by atoms with Crippen LogP contribution in [0.5, 0.6) is 0 Å². The smallest absolute Gasteiger partial charge is 0.224 e. The molecule has 0 unspecified atom stereocenters. The van der Waals surface area contributed by atoms with Gasteiger partial charge in [-0.1, -0.05) is 38.0 Å². The fourth-order valence-electron chi connectivity index (χ4n) is 2.87. The molecule has 2 rings (SSSR count). The van der Waals surface area contributed by atoms with Crippen LogP contribution in [0.1, 0.15) is 50.2 Å². The Balaban J connectivity index is 2.01. The molecule has 1 aliphatic carbocycles. The zero-order valence-corrected chi connectivity index (χ0v) is 11.5. The Hall–Kier alpha value is -1.31. The molecule has 0 aromatic heterocycles. The molecular formula is C16H23NO. The maximum absolute atomic E-state index is 12.1. The maximum Gasteiger partial charge on any atom is 0.224 e. The lowest BCUT2D eigenvalue weighted by molar-refractivity contribution is -0.117. The average molecular weight is 245 g/mol. The van der Waals surface area contributed by atoms with Gasteiger partial charge in [0.15, 0.2) is 0 Å². The van der Waals surface area contributed by atoms with E-state index in [-0.39, 0.29) is 5.91 Å². The number of carbonyl (C=O) groups excluding carboxylic acids is 1. The number of rotatable bonds is 4. The van der Waals surface area contributed by atoms with E-state index in [1.54, 1.807) is 0 Å². The fourth-order valence-corrected chi connectivity index (χ4v) is 2.87. The number of para-hydroxylation sites is 1. The minimum absolute atomic E-state index is 0.186. The summed E-state index contributed by atoms with van der Waals surface area (Å²) in [6, 6.07) is 6.21. The molecule has 1 aromatic carbocycles. The van der Waals surface area contributed by atoms with Gasteiger partial charge in [-0.2, -0.15) is 0 Å². The molecule has 1 saturated carbocycles. The minimum atomic E-state index is 0.186. The zero-order chi connectivity index (χ0) is 13.0. The topological polar surface area (TPSA) is 29.1 Å². The van der Waals surface area contributed by atoms with Crippen molar-refractivity contribution in [3.8, 4) is 0 Å². The summed E-state index contributed by atoms with van der Waals surface area (Å²) in [6.07, 6.45) is 6.69. The standard InChI is InChI=1S/C16H23NO/c1-3-14-10-6-7-12(2)16(14)17-15(18)11-13-8-4-5-9-13/h6-7,10,13H,3-5,8-9,11H2,1-2H3,(H,17,18). The van der Waals surface area contributed by atoms with Gasteiger partial charge in [0.25, 0.3) is 0 Å². The molecule has 0 spiro atoms. The van der Waals surface area contributed by atoms with E-state index in [2.05, 4.69) is 37.4 Å². The molecule has 0 bridgehead atoms. The van der Waals surface area contributed by atoms with E-state index < -0.39 is 0 Å². The number of aryl methyl sites for hydroxylation is 2. The van der Waals surface area contributed by atoms with Gasteiger partial charge in [0.2, 0.25) is 5.91 Å². The van der Waals surface area contributed by atoms with E-state index in [0.717, 1.165) is 17.7 Å². The molecule has 0 radical (unpaired) electrons. The summed E-state index contributed by atoms with van der Waals surface area (Å²) in [7, 11) is 0. The Morgan fingerprint density at radius 3 is 2.72 bits per heavy atom. The quantitative estimate of drug-likeness (QED) is 0.851. The molecule has 0 atom stereocenters. The van der Waals surface area contributed by atoms with Crippen LogP contribution in [0.25, 0.3) is 0 Å². The van der Waals surface area contributed by atoms with Crippen LogP contribution in [0.15, 0.2) is 18.2 Å². The predicted molar refractivity (Wildman–Crippen MR) is 75.8 cm³/mol. The molecule has 1 aromatic rings. The van der Waals surface area contributed by atoms with E-state index in [1.807, 2.05) is 0 Å². The summed E-state index contributed by atoms with van der Waals surface area (Å²) < 4.78 is 0. The summed E-state index contributed by atoms with van der Waals surface area (Å²) >= 11 is 0. The Morgan fingerprint density at radius 2 is 2.06 bits per heavy atom. The molecule has 1 fully saturated rings. The summed E-state index contributed by atoms with van der Waals surface area (Å²) in [6.45, 7) is 4.19. The van der Waals surface area contributed by atoms with Gasteiger partial charge in [-0.15, -0.1) is 0 Å². The number of hydrogen-bond donors (Lipinski definition) is 1. The van der Waals surface area contributed by atoms with Crippen LogP contribution in [0.4, 0.5) is 5.69 Å². The zero-order valence-electron chi connectivity index (χ0n) is 11.5. The van der Waals surface area contributed by atoms with Crippen LogP contribution in [0, 0.1) is 12.8 Å². The maximum atomic E-state index is 12.1. The van der Waals surface area contributed by atoms with Gasteiger partial charge in [-0.05, 0) is 43.2 Å². The van der Waals surface area contributed by atoms with E-state index in [9.17, 15) is 4.79 Å². The molecule has 0 saturated heterocycles. The van der Waals surface area contributed by atoms with E-state index in [1.165, 1.54) is 31.2 Å². The van der Waals surface area contributed by atoms with Crippen LogP contribution in [-0.2, 0) is 11.2 Å². The lowest BCUT2D eigenvalue weighted by atomic mass is 10.0. The van der Waals surface area contributed by atoms with Gasteiger partial charge >= 0.3 is 0 Å². The predicted octanol–water partition coefficient (Wildman–Crippen LogP) is 4.08. The third-order valence-electron chi connectivity index (χ3n) is 3.95. The highest BCUT2D eigenvalue weighted by Gasteiger charge is 2.19. The second-order valence-electron chi connectivity index (χ2n) is 5.37. The SMILES string of the molecule is CCc1cccc(C)c1NC(=O)CC1CCCC1. The largest absolute Gasteiger partial charge is 0.326 e. The first-order chi connectivity index (χ1) is 8.70. The van der Waals surface area contributed by atoms with Gasteiger partial charge in [0.1, 0.15) is 0 Å². The fraction of sp³-hybridized carbons (Fsp3) is 0.562. The van der Waals surface area contributed by atoms with Crippen molar-refractivity contribution >= 4 is 11.6 Å². The van der Waals surface area contributed by atoms with E-state index in [0.29, 0.717) is 12.3 Å². The molecule has 0 heterocycles. The lowest BCUT2D eigenvalue weighted by Gasteiger charge is -2.14. The van der Waals surface area contributed by atoms with Gasteiger partial charge in [0.05, 0.1) is 0 Å².